The Bertz CT molecular complexity index is 6970. The monoisotopic (exact) mass is 1860 g/mol. The summed E-state index contributed by atoms with van der Waals surface area (Å²) in [5.74, 6) is 0.325. The van der Waals surface area contributed by atoms with Crippen LogP contribution in [-0.2, 0) is 4.74 Å². The second-order valence-corrected chi connectivity index (χ2v) is 35.8. The summed E-state index contributed by atoms with van der Waals surface area (Å²) in [6, 6.07) is 67.4. The number of ketones is 1. The number of rotatable bonds is 24. The molecule has 0 bridgehead atoms. The molecule has 698 valence electrons. The summed E-state index contributed by atoms with van der Waals surface area (Å²) in [5.41, 5.74) is 17.6. The highest BCUT2D eigenvalue weighted by atomic mass is 32.2. The van der Waals surface area contributed by atoms with Gasteiger partial charge in [0.1, 0.15) is 40.2 Å². The number of carbonyl (C=O) groups is 6. The second kappa shape index (κ2) is 42.6. The van der Waals surface area contributed by atoms with E-state index in [0.29, 0.717) is 87.7 Å². The molecule has 8 heterocycles. The summed E-state index contributed by atoms with van der Waals surface area (Å²) >= 11 is 1.61. The van der Waals surface area contributed by atoms with E-state index in [1.54, 1.807) is 140 Å². The molecule has 20 rings (SSSR count). The van der Waals surface area contributed by atoms with Crippen LogP contribution in [0.3, 0.4) is 0 Å². The fourth-order valence-electron chi connectivity index (χ4n) is 18.5. The van der Waals surface area contributed by atoms with Gasteiger partial charge in [0.15, 0.2) is 51.9 Å². The number of furan rings is 4. The number of esters is 1. The number of nitrogens with zero attached hydrogens (tertiary/aromatic N) is 8. The van der Waals surface area contributed by atoms with Crippen LogP contribution in [0, 0.1) is 45.1 Å². The van der Waals surface area contributed by atoms with Crippen molar-refractivity contribution in [1.29, 1.82) is 0 Å². The number of imidazole rings is 4. The van der Waals surface area contributed by atoms with Crippen LogP contribution in [0.5, 0.6) is 0 Å². The molecule has 0 saturated heterocycles. The SMILES string of the molecule is CC(=O)c1cccc(NC(=O)c2ccc(-c3c(-c4ccc(F)cc4)ncn3C3CCCC3)o2)c1.CCOC(=O)c1ccc(NC(=O)c2ccc(-c3c(-c4ccc(C)cc4)ncn3C3CCCC3)o2)cc1.CSc1cccc(NC(=O)c2ccc(-c3c(-c4ccc(F)cc4)ncn3C3CCCC3)o2)c1.Cc1cc(C)c(NC(=O)c2ccc(-c3c(-c4ccc(F)cc4)ncn3C3CCCC3)o2)c(C)c1. The van der Waals surface area contributed by atoms with Gasteiger partial charge >= 0.3 is 5.97 Å². The number of Topliss-reactive ketones (excluding diaryl/α,β-unsaturated/α-hetero) is 1. The normalized spacial score (nSPS) is 13.9. The number of ether oxygens (including phenoxy) is 1. The van der Waals surface area contributed by atoms with E-state index in [9.17, 15) is 41.9 Å². The van der Waals surface area contributed by atoms with Crippen LogP contribution in [0.1, 0.15) is 226 Å². The van der Waals surface area contributed by atoms with Crippen LogP contribution in [-0.4, -0.2) is 86.4 Å². The van der Waals surface area contributed by atoms with Crippen LogP contribution < -0.4 is 21.3 Å². The highest BCUT2D eigenvalue weighted by Crippen LogP contribution is 2.46. The van der Waals surface area contributed by atoms with Gasteiger partial charge in [-0.05, 0) is 286 Å². The number of halogens is 3. The third-order valence-corrected chi connectivity index (χ3v) is 26.1. The Kier molecular flexibility index (Phi) is 29.1. The molecule has 4 saturated carbocycles. The average Bonchev–Trinajstić information content (AvgIpc) is 1.63. The molecular weight excluding hydrogens is 1750 g/mol. The molecular formula is C110H105F3N12O11S. The molecule has 16 aromatic rings. The maximum atomic E-state index is 13.5. The van der Waals surface area contributed by atoms with E-state index in [0.717, 1.165) is 154 Å². The lowest BCUT2D eigenvalue weighted by Gasteiger charge is -2.15. The second-order valence-electron chi connectivity index (χ2n) is 34.9. The smallest absolute Gasteiger partial charge is 0.338 e. The fraction of sp³-hybridized carbons (Fsp3) is 0.255. The number of anilines is 4. The fourth-order valence-corrected chi connectivity index (χ4v) is 19.0. The Morgan fingerprint density at radius 1 is 0.365 bits per heavy atom. The van der Waals surface area contributed by atoms with Crippen LogP contribution in [0.2, 0.25) is 0 Å². The van der Waals surface area contributed by atoms with Crippen molar-refractivity contribution in [2.45, 2.75) is 173 Å². The first kappa shape index (κ1) is 93.7. The first-order chi connectivity index (χ1) is 66.5. The number of aryl methyl sites for hydroxylation is 4. The first-order valence-corrected chi connectivity index (χ1v) is 47.7. The van der Waals surface area contributed by atoms with Gasteiger partial charge < -0.3 is 61.9 Å². The minimum Gasteiger partial charge on any atom is -0.462 e. The summed E-state index contributed by atoms with van der Waals surface area (Å²) in [7, 11) is 0. The number of carbonyl (C=O) groups excluding carboxylic acids is 6. The number of aromatic nitrogens is 8. The summed E-state index contributed by atoms with van der Waals surface area (Å²) in [6.45, 7) is 11.6. The molecule has 8 aromatic heterocycles. The Labute approximate surface area is 795 Å². The summed E-state index contributed by atoms with van der Waals surface area (Å²) in [5, 5.41) is 11.5. The van der Waals surface area contributed by atoms with Gasteiger partial charge in [-0.2, -0.15) is 0 Å². The van der Waals surface area contributed by atoms with E-state index in [1.807, 2.05) is 101 Å². The molecule has 27 heteroatoms. The van der Waals surface area contributed by atoms with E-state index in [-0.39, 0.29) is 64.0 Å². The zero-order valence-electron chi connectivity index (χ0n) is 77.2. The van der Waals surface area contributed by atoms with Gasteiger partial charge in [-0.15, -0.1) is 11.8 Å². The van der Waals surface area contributed by atoms with Gasteiger partial charge in [-0.3, -0.25) is 24.0 Å². The molecule has 0 unspecified atom stereocenters. The zero-order valence-corrected chi connectivity index (χ0v) is 78.0. The quantitative estimate of drug-likeness (QED) is 0.0248. The average molecular weight is 1860 g/mol. The van der Waals surface area contributed by atoms with Crippen molar-refractivity contribution < 1.29 is 64.3 Å². The first-order valence-electron chi connectivity index (χ1n) is 46.4. The van der Waals surface area contributed by atoms with E-state index in [4.69, 9.17) is 27.4 Å². The highest BCUT2D eigenvalue weighted by Gasteiger charge is 2.33. The van der Waals surface area contributed by atoms with Crippen LogP contribution in [0.4, 0.5) is 35.9 Å². The Morgan fingerprint density at radius 3 is 1.02 bits per heavy atom. The number of thioether (sulfide) groups is 1. The molecule has 8 aromatic carbocycles. The minimum atomic E-state index is -0.415. The largest absolute Gasteiger partial charge is 0.462 e. The molecule has 4 amide bonds. The van der Waals surface area contributed by atoms with Gasteiger partial charge in [-0.1, -0.05) is 117 Å². The molecule has 0 spiro atoms. The topological polar surface area (TPSA) is 284 Å². The molecule has 4 N–H and O–H groups in total. The minimum absolute atomic E-state index is 0.0788. The van der Waals surface area contributed by atoms with Crippen molar-refractivity contribution in [2.24, 2.45) is 0 Å². The van der Waals surface area contributed by atoms with E-state index >= 15 is 0 Å². The number of hydrogen-bond donors (Lipinski definition) is 4. The molecule has 0 aliphatic heterocycles. The molecule has 137 heavy (non-hydrogen) atoms. The van der Waals surface area contributed by atoms with Crippen molar-refractivity contribution in [3.8, 4) is 90.8 Å². The van der Waals surface area contributed by atoms with Crippen LogP contribution in [0.25, 0.3) is 90.8 Å². The number of hydrogen-bond acceptors (Lipinski definition) is 16. The lowest BCUT2D eigenvalue weighted by molar-refractivity contribution is 0.0525. The number of benzene rings is 8. The predicted octanol–water partition coefficient (Wildman–Crippen LogP) is 27.5. The van der Waals surface area contributed by atoms with Gasteiger partial charge in [0.25, 0.3) is 23.6 Å². The number of amides is 4. The highest BCUT2D eigenvalue weighted by molar-refractivity contribution is 7.98. The Morgan fingerprint density at radius 2 is 0.686 bits per heavy atom. The van der Waals surface area contributed by atoms with Crippen molar-refractivity contribution in [3.63, 3.8) is 0 Å². The maximum Gasteiger partial charge on any atom is 0.338 e. The van der Waals surface area contributed by atoms with Crippen molar-refractivity contribution in [3.05, 3.63) is 330 Å². The van der Waals surface area contributed by atoms with Crippen molar-refractivity contribution >= 4 is 69.9 Å². The molecule has 4 fully saturated rings. The Balaban J connectivity index is 0.000000127. The number of nitrogens with one attached hydrogen (secondary N) is 4. The lowest BCUT2D eigenvalue weighted by atomic mass is 10.1. The molecule has 0 radical (unpaired) electrons. The van der Waals surface area contributed by atoms with Crippen molar-refractivity contribution in [2.75, 3.05) is 34.1 Å². The van der Waals surface area contributed by atoms with E-state index < -0.39 is 11.9 Å². The standard InChI is InChI=1S/C29H29N3O4.C28H28FN3O2.C27H24FN3O3.C26H24FN3O2S/c1-3-35-29(34)21-12-14-22(15-13-21)31-28(33)25-17-16-24(36-25)27-26(20-10-8-19(2)9-11-20)30-18-32(27)23-6-4-5-7-23;1-17-14-18(2)25(19(3)15-17)31-28(33)24-13-12-23(34-24)27-26(20-8-10-21(29)11-9-20)30-16-32(27)22-6-4-5-7-22;1-17(32)19-5-4-6-21(15-19)30-27(33)24-14-13-23(34-24)26-25(18-9-11-20(28)12-10-18)29-16-31(26)22-7-2-3-8-22;1-33-21-8-4-5-19(15-21)29-26(31)23-14-13-22(32-23)25-24(17-9-11-18(27)12-10-17)28-16-30(25)20-6-2-3-7-20/h8-18,23H,3-7H2,1-2H3,(H,31,33);8-16,22H,4-7H2,1-3H3,(H,31,33);4-6,9-16,22H,2-3,7-8H2,1H3,(H,30,33);4-5,8-16,20H,2-3,6-7H2,1H3,(H,29,31). The van der Waals surface area contributed by atoms with E-state index in [1.165, 1.54) is 87.4 Å². The molecule has 4 aliphatic carbocycles. The maximum absolute atomic E-state index is 13.5. The lowest BCUT2D eigenvalue weighted by Crippen LogP contribution is -2.13. The third-order valence-electron chi connectivity index (χ3n) is 25.4. The van der Waals surface area contributed by atoms with Gasteiger partial charge in [0.05, 0.1) is 60.3 Å². The van der Waals surface area contributed by atoms with E-state index in [2.05, 4.69) is 85.7 Å². The van der Waals surface area contributed by atoms with Gasteiger partial charge in [0, 0.05) is 79.6 Å². The van der Waals surface area contributed by atoms with Crippen LogP contribution in [0.15, 0.2) is 278 Å². The third kappa shape index (κ3) is 21.8. The van der Waals surface area contributed by atoms with Gasteiger partial charge in [-0.25, -0.2) is 37.9 Å². The van der Waals surface area contributed by atoms with Crippen molar-refractivity contribution in [1.82, 2.24) is 38.2 Å². The van der Waals surface area contributed by atoms with Crippen LogP contribution >= 0.6 is 11.8 Å². The molecule has 0 atom stereocenters. The van der Waals surface area contributed by atoms with Gasteiger partial charge in [0.2, 0.25) is 0 Å². The predicted molar refractivity (Wildman–Crippen MR) is 526 cm³/mol. The summed E-state index contributed by atoms with van der Waals surface area (Å²) < 4.78 is 78.4. The molecule has 4 aliphatic rings. The summed E-state index contributed by atoms with van der Waals surface area (Å²) in [4.78, 5) is 95.0. The Hall–Kier alpha value is -15.1. The molecule has 23 nitrogen and oxygen atoms in total. The zero-order chi connectivity index (χ0) is 95.3. The summed E-state index contributed by atoms with van der Waals surface area (Å²) in [6.07, 6.45) is 27.4.